The zero-order valence-electron chi connectivity index (χ0n) is 12.6. The van der Waals surface area contributed by atoms with E-state index in [2.05, 4.69) is 11.0 Å². The lowest BCUT2D eigenvalue weighted by atomic mass is 10.2. The van der Waals surface area contributed by atoms with Crippen LogP contribution < -0.4 is 9.64 Å². The van der Waals surface area contributed by atoms with E-state index in [1.807, 2.05) is 12.1 Å². The molecule has 23 heavy (non-hydrogen) atoms. The van der Waals surface area contributed by atoms with E-state index in [-0.39, 0.29) is 11.9 Å². The Morgan fingerprint density at radius 1 is 1.26 bits per heavy atom. The van der Waals surface area contributed by atoms with Gasteiger partial charge in [0.2, 0.25) is 0 Å². The van der Waals surface area contributed by atoms with Crippen LogP contribution in [-0.4, -0.2) is 32.4 Å². The van der Waals surface area contributed by atoms with Crippen molar-refractivity contribution in [3.05, 3.63) is 59.9 Å². The molecule has 1 aliphatic rings. The van der Waals surface area contributed by atoms with E-state index in [9.17, 15) is 4.39 Å². The van der Waals surface area contributed by atoms with Gasteiger partial charge in [-0.3, -0.25) is 0 Å². The molecule has 118 valence electrons. The predicted molar refractivity (Wildman–Crippen MR) is 85.0 cm³/mol. The highest BCUT2D eigenvalue weighted by Crippen LogP contribution is 2.21. The first-order chi connectivity index (χ1) is 11.3. The standard InChI is InChI=1S/C18H17FN2O2/c19-15-5-3-6-16(10-15)21-8-9-22-17(12-21)13-23-18-7-2-1-4-14(18)11-20/h1-7,10,17H,8-9,12-13H2/t17-/m0/s1. The van der Waals surface area contributed by atoms with Crippen molar-refractivity contribution in [2.75, 3.05) is 31.2 Å². The van der Waals surface area contributed by atoms with Crippen LogP contribution in [0.25, 0.3) is 0 Å². The Balaban J connectivity index is 1.62. The summed E-state index contributed by atoms with van der Waals surface area (Å²) < 4.78 is 24.8. The Bertz CT molecular complexity index is 714. The maximum absolute atomic E-state index is 13.4. The second-order valence-electron chi connectivity index (χ2n) is 5.34. The fourth-order valence-electron chi connectivity index (χ4n) is 2.60. The number of morpholine rings is 1. The van der Waals surface area contributed by atoms with Gasteiger partial charge in [-0.25, -0.2) is 4.39 Å². The third kappa shape index (κ3) is 3.79. The number of nitrogens with zero attached hydrogens (tertiary/aromatic N) is 2. The number of rotatable bonds is 4. The molecule has 3 rings (SSSR count). The molecule has 0 aliphatic carbocycles. The smallest absolute Gasteiger partial charge is 0.137 e. The van der Waals surface area contributed by atoms with Gasteiger partial charge in [-0.2, -0.15) is 5.26 Å². The molecule has 0 aromatic heterocycles. The van der Waals surface area contributed by atoms with Gasteiger partial charge in [-0.05, 0) is 30.3 Å². The summed E-state index contributed by atoms with van der Waals surface area (Å²) in [6.45, 7) is 2.25. The molecule has 2 aromatic carbocycles. The van der Waals surface area contributed by atoms with Crippen LogP contribution in [0.5, 0.6) is 5.75 Å². The van der Waals surface area contributed by atoms with Crippen LogP contribution in [0.2, 0.25) is 0 Å². The SMILES string of the molecule is N#Cc1ccccc1OC[C@@H]1CN(c2cccc(F)c2)CCO1. The molecule has 0 bridgehead atoms. The number of nitriles is 1. The molecule has 1 fully saturated rings. The van der Waals surface area contributed by atoms with E-state index in [0.717, 1.165) is 5.69 Å². The number of ether oxygens (including phenoxy) is 2. The minimum absolute atomic E-state index is 0.126. The lowest BCUT2D eigenvalue weighted by Gasteiger charge is -2.34. The highest BCUT2D eigenvalue weighted by molar-refractivity contribution is 5.47. The minimum atomic E-state index is -0.246. The van der Waals surface area contributed by atoms with Gasteiger partial charge in [0.05, 0.1) is 12.2 Å². The quantitative estimate of drug-likeness (QED) is 0.870. The third-order valence-electron chi connectivity index (χ3n) is 3.74. The number of benzene rings is 2. The molecule has 1 aliphatic heterocycles. The fraction of sp³-hybridized carbons (Fsp3) is 0.278. The molecular formula is C18H17FN2O2. The number of halogens is 1. The molecule has 4 nitrogen and oxygen atoms in total. The highest BCUT2D eigenvalue weighted by atomic mass is 19.1. The summed E-state index contributed by atoms with van der Waals surface area (Å²) in [6, 6.07) is 15.8. The average Bonchev–Trinajstić information content (AvgIpc) is 2.60. The molecule has 0 N–H and O–H groups in total. The molecule has 0 radical (unpaired) electrons. The zero-order chi connectivity index (χ0) is 16.1. The zero-order valence-corrected chi connectivity index (χ0v) is 12.6. The van der Waals surface area contributed by atoms with Crippen LogP contribution in [0.1, 0.15) is 5.56 Å². The van der Waals surface area contributed by atoms with Gasteiger partial charge in [0.1, 0.15) is 30.3 Å². The maximum Gasteiger partial charge on any atom is 0.137 e. The molecule has 5 heteroatoms. The lowest BCUT2D eigenvalue weighted by Crippen LogP contribution is -2.45. The summed E-state index contributed by atoms with van der Waals surface area (Å²) in [5.74, 6) is 0.311. The Morgan fingerprint density at radius 3 is 2.96 bits per heavy atom. The fourth-order valence-corrected chi connectivity index (χ4v) is 2.60. The first kappa shape index (κ1) is 15.3. The van der Waals surface area contributed by atoms with Crippen molar-refractivity contribution < 1.29 is 13.9 Å². The third-order valence-corrected chi connectivity index (χ3v) is 3.74. The average molecular weight is 312 g/mol. The van der Waals surface area contributed by atoms with Crippen LogP contribution in [0.15, 0.2) is 48.5 Å². The maximum atomic E-state index is 13.4. The van der Waals surface area contributed by atoms with Crippen LogP contribution in [0, 0.1) is 17.1 Å². The normalized spacial score (nSPS) is 17.6. The Hall–Kier alpha value is -2.58. The molecule has 1 atom stereocenters. The van der Waals surface area contributed by atoms with Crippen molar-refractivity contribution in [3.63, 3.8) is 0 Å². The van der Waals surface area contributed by atoms with Crippen molar-refractivity contribution in [2.24, 2.45) is 0 Å². The molecule has 1 saturated heterocycles. The highest BCUT2D eigenvalue weighted by Gasteiger charge is 2.22. The minimum Gasteiger partial charge on any atom is -0.489 e. The summed E-state index contributed by atoms with van der Waals surface area (Å²) in [6.07, 6.45) is -0.126. The van der Waals surface area contributed by atoms with E-state index >= 15 is 0 Å². The first-order valence-corrected chi connectivity index (χ1v) is 7.50. The number of hydrogen-bond donors (Lipinski definition) is 0. The molecule has 0 saturated carbocycles. The molecule has 0 unspecified atom stereocenters. The Morgan fingerprint density at radius 2 is 2.13 bits per heavy atom. The van der Waals surface area contributed by atoms with Gasteiger partial charge in [-0.15, -0.1) is 0 Å². The predicted octanol–water partition coefficient (Wildman–Crippen LogP) is 2.98. The van der Waals surface area contributed by atoms with E-state index < -0.39 is 0 Å². The summed E-state index contributed by atoms with van der Waals surface area (Å²) in [4.78, 5) is 2.08. The van der Waals surface area contributed by atoms with Crippen LogP contribution in [0.4, 0.5) is 10.1 Å². The van der Waals surface area contributed by atoms with Crippen molar-refractivity contribution in [1.29, 1.82) is 5.26 Å². The van der Waals surface area contributed by atoms with Crippen molar-refractivity contribution in [3.8, 4) is 11.8 Å². The van der Waals surface area contributed by atoms with Crippen LogP contribution in [0.3, 0.4) is 0 Å². The Labute approximate surface area is 134 Å². The largest absolute Gasteiger partial charge is 0.489 e. The first-order valence-electron chi connectivity index (χ1n) is 7.50. The molecule has 1 heterocycles. The Kier molecular flexibility index (Phi) is 4.74. The molecule has 0 spiro atoms. The van der Waals surface area contributed by atoms with Crippen LogP contribution >= 0.6 is 0 Å². The molecule has 0 amide bonds. The number of hydrogen-bond acceptors (Lipinski definition) is 4. The molecule has 2 aromatic rings. The summed E-state index contributed by atoms with van der Waals surface area (Å²) in [7, 11) is 0. The summed E-state index contributed by atoms with van der Waals surface area (Å²) in [5, 5.41) is 9.07. The second-order valence-corrected chi connectivity index (χ2v) is 5.34. The van der Waals surface area contributed by atoms with Gasteiger partial charge in [0.15, 0.2) is 0 Å². The van der Waals surface area contributed by atoms with Gasteiger partial charge in [0.25, 0.3) is 0 Å². The van der Waals surface area contributed by atoms with E-state index in [0.29, 0.717) is 37.6 Å². The van der Waals surface area contributed by atoms with Gasteiger partial charge in [-0.1, -0.05) is 18.2 Å². The summed E-state index contributed by atoms with van der Waals surface area (Å²) >= 11 is 0. The van der Waals surface area contributed by atoms with E-state index in [4.69, 9.17) is 14.7 Å². The van der Waals surface area contributed by atoms with E-state index in [1.54, 1.807) is 24.3 Å². The second kappa shape index (κ2) is 7.12. The van der Waals surface area contributed by atoms with Gasteiger partial charge >= 0.3 is 0 Å². The topological polar surface area (TPSA) is 45.5 Å². The van der Waals surface area contributed by atoms with Crippen LogP contribution in [-0.2, 0) is 4.74 Å². The lowest BCUT2D eigenvalue weighted by molar-refractivity contribution is 0.0102. The van der Waals surface area contributed by atoms with Crippen molar-refractivity contribution in [1.82, 2.24) is 0 Å². The van der Waals surface area contributed by atoms with Crippen molar-refractivity contribution in [2.45, 2.75) is 6.10 Å². The molecular weight excluding hydrogens is 295 g/mol. The van der Waals surface area contributed by atoms with Gasteiger partial charge in [0, 0.05) is 18.8 Å². The number of anilines is 1. The number of para-hydroxylation sites is 1. The van der Waals surface area contributed by atoms with Gasteiger partial charge < -0.3 is 14.4 Å². The monoisotopic (exact) mass is 312 g/mol. The van der Waals surface area contributed by atoms with Crippen molar-refractivity contribution >= 4 is 5.69 Å². The van der Waals surface area contributed by atoms with E-state index in [1.165, 1.54) is 12.1 Å². The summed E-state index contributed by atoms with van der Waals surface area (Å²) in [5.41, 5.74) is 1.35.